The zero-order valence-electron chi connectivity index (χ0n) is 11.7. The first-order valence-corrected chi connectivity index (χ1v) is 6.72. The van der Waals surface area contributed by atoms with E-state index in [0.717, 1.165) is 17.8 Å². The molecule has 0 spiro atoms. The third kappa shape index (κ3) is 2.88. The number of ether oxygens (including phenoxy) is 1. The van der Waals surface area contributed by atoms with Crippen molar-refractivity contribution in [1.29, 1.82) is 0 Å². The van der Waals surface area contributed by atoms with Gasteiger partial charge in [0.25, 0.3) is 0 Å². The van der Waals surface area contributed by atoms with Crippen molar-refractivity contribution in [2.75, 3.05) is 12.4 Å². The Morgan fingerprint density at radius 2 is 2.20 bits per heavy atom. The van der Waals surface area contributed by atoms with Crippen LogP contribution in [-0.4, -0.2) is 16.9 Å². The zero-order chi connectivity index (χ0) is 14.7. The molecule has 20 heavy (non-hydrogen) atoms. The summed E-state index contributed by atoms with van der Waals surface area (Å²) < 4.78 is 20.2. The third-order valence-corrected chi connectivity index (χ3v) is 3.55. The van der Waals surface area contributed by atoms with Gasteiger partial charge in [-0.1, -0.05) is 18.5 Å². The first-order chi connectivity index (χ1) is 9.56. The summed E-state index contributed by atoms with van der Waals surface area (Å²) in [6, 6.07) is 4.73. The maximum atomic E-state index is 13.6. The summed E-state index contributed by atoms with van der Waals surface area (Å²) in [7, 11) is 3.28. The second kappa shape index (κ2) is 6.13. The number of benzene rings is 1. The Labute approximate surface area is 122 Å². The molecule has 0 saturated heterocycles. The number of hydrogen-bond acceptors (Lipinski definition) is 3. The normalized spacial score (nSPS) is 10.7. The van der Waals surface area contributed by atoms with Gasteiger partial charge in [0.15, 0.2) is 11.6 Å². The Morgan fingerprint density at radius 3 is 2.75 bits per heavy atom. The van der Waals surface area contributed by atoms with Crippen LogP contribution in [0.2, 0.25) is 5.02 Å². The molecule has 0 aliphatic heterocycles. The van der Waals surface area contributed by atoms with Gasteiger partial charge < -0.3 is 10.1 Å². The number of halogens is 2. The van der Waals surface area contributed by atoms with Crippen molar-refractivity contribution in [1.82, 2.24) is 9.78 Å². The molecule has 0 unspecified atom stereocenters. The van der Waals surface area contributed by atoms with Gasteiger partial charge in [0.2, 0.25) is 0 Å². The molecule has 0 atom stereocenters. The molecule has 108 valence electrons. The maximum Gasteiger partial charge on any atom is 0.167 e. The molecule has 0 bridgehead atoms. The third-order valence-electron chi connectivity index (χ3n) is 3.11. The number of methoxy groups -OCH3 is 1. The molecule has 2 rings (SSSR count). The Hall–Kier alpha value is -1.75. The van der Waals surface area contributed by atoms with Crippen molar-refractivity contribution in [3.05, 3.63) is 40.4 Å². The molecule has 0 radical (unpaired) electrons. The van der Waals surface area contributed by atoms with Crippen molar-refractivity contribution < 1.29 is 9.13 Å². The number of nitrogens with one attached hydrogen (secondary N) is 1. The fourth-order valence-corrected chi connectivity index (χ4v) is 2.33. The second-order valence-electron chi connectivity index (χ2n) is 4.39. The summed E-state index contributed by atoms with van der Waals surface area (Å²) in [6.07, 6.45) is 0.782. The fourth-order valence-electron chi connectivity index (χ4n) is 1.97. The Morgan fingerprint density at radius 1 is 1.45 bits per heavy atom. The topological polar surface area (TPSA) is 39.1 Å². The van der Waals surface area contributed by atoms with E-state index >= 15 is 0 Å². The average molecular weight is 298 g/mol. The van der Waals surface area contributed by atoms with E-state index in [4.69, 9.17) is 16.3 Å². The number of hydrogen-bond donors (Lipinski definition) is 1. The van der Waals surface area contributed by atoms with E-state index in [2.05, 4.69) is 10.4 Å². The zero-order valence-corrected chi connectivity index (χ0v) is 12.5. The molecule has 1 aromatic carbocycles. The summed E-state index contributed by atoms with van der Waals surface area (Å²) in [5.41, 5.74) is 2.41. The number of anilines is 1. The van der Waals surface area contributed by atoms with Crippen LogP contribution in [0.3, 0.4) is 0 Å². The minimum Gasteiger partial charge on any atom is -0.494 e. The molecule has 1 N–H and O–H groups in total. The average Bonchev–Trinajstić information content (AvgIpc) is 2.71. The maximum absolute atomic E-state index is 13.6. The van der Waals surface area contributed by atoms with Gasteiger partial charge in [-0.2, -0.15) is 5.10 Å². The van der Waals surface area contributed by atoms with Gasteiger partial charge in [-0.05, 0) is 18.6 Å². The number of nitrogens with zero attached hydrogens (tertiary/aromatic N) is 2. The molecule has 2 aromatic rings. The van der Waals surface area contributed by atoms with Crippen LogP contribution < -0.4 is 10.1 Å². The van der Waals surface area contributed by atoms with E-state index in [9.17, 15) is 4.39 Å². The first-order valence-electron chi connectivity index (χ1n) is 6.34. The van der Waals surface area contributed by atoms with Crippen LogP contribution in [0.25, 0.3) is 0 Å². The van der Waals surface area contributed by atoms with Crippen LogP contribution in [-0.2, 0) is 20.0 Å². The van der Waals surface area contributed by atoms with Crippen LogP contribution in [0.1, 0.15) is 18.3 Å². The quantitative estimate of drug-likeness (QED) is 0.919. The SMILES string of the molecule is CCc1nn(C)c(CNc2ccc(OC)c(F)c2)c1Cl. The molecule has 0 amide bonds. The molecular formula is C14H17ClFN3O. The smallest absolute Gasteiger partial charge is 0.167 e. The van der Waals surface area contributed by atoms with E-state index in [-0.39, 0.29) is 5.75 Å². The van der Waals surface area contributed by atoms with Crippen LogP contribution in [0.15, 0.2) is 18.2 Å². The molecule has 4 nitrogen and oxygen atoms in total. The molecule has 0 saturated carbocycles. The van der Waals surface area contributed by atoms with Crippen molar-refractivity contribution in [2.45, 2.75) is 19.9 Å². The van der Waals surface area contributed by atoms with Gasteiger partial charge in [-0.3, -0.25) is 4.68 Å². The lowest BCUT2D eigenvalue weighted by atomic mass is 10.2. The lowest BCUT2D eigenvalue weighted by molar-refractivity contribution is 0.386. The van der Waals surface area contributed by atoms with Crippen molar-refractivity contribution >= 4 is 17.3 Å². The molecule has 1 heterocycles. The molecule has 1 aromatic heterocycles. The highest BCUT2D eigenvalue weighted by atomic mass is 35.5. The summed E-state index contributed by atoms with van der Waals surface area (Å²) in [5, 5.41) is 8.13. The van der Waals surface area contributed by atoms with E-state index in [0.29, 0.717) is 17.3 Å². The Kier molecular flexibility index (Phi) is 4.49. The van der Waals surface area contributed by atoms with Crippen LogP contribution in [0.5, 0.6) is 5.75 Å². The van der Waals surface area contributed by atoms with Crippen LogP contribution in [0, 0.1) is 5.82 Å². The fraction of sp³-hybridized carbons (Fsp3) is 0.357. The van der Waals surface area contributed by atoms with Crippen molar-refractivity contribution in [2.24, 2.45) is 7.05 Å². The van der Waals surface area contributed by atoms with Crippen LogP contribution in [0.4, 0.5) is 10.1 Å². The highest BCUT2D eigenvalue weighted by Gasteiger charge is 2.12. The van der Waals surface area contributed by atoms with E-state index < -0.39 is 5.82 Å². The minimum absolute atomic E-state index is 0.224. The lowest BCUT2D eigenvalue weighted by Crippen LogP contribution is -2.06. The molecule has 0 fully saturated rings. The molecule has 0 aliphatic carbocycles. The van der Waals surface area contributed by atoms with Gasteiger partial charge in [-0.25, -0.2) is 4.39 Å². The Bertz CT molecular complexity index is 613. The largest absolute Gasteiger partial charge is 0.494 e. The van der Waals surface area contributed by atoms with Crippen molar-refractivity contribution in [3.8, 4) is 5.75 Å². The van der Waals surface area contributed by atoms with Gasteiger partial charge in [0, 0.05) is 18.8 Å². The number of rotatable bonds is 5. The summed E-state index contributed by atoms with van der Waals surface area (Å²) in [5.74, 6) is -0.176. The minimum atomic E-state index is -0.400. The van der Waals surface area contributed by atoms with Gasteiger partial charge in [0.1, 0.15) is 0 Å². The van der Waals surface area contributed by atoms with Gasteiger partial charge in [-0.15, -0.1) is 0 Å². The van der Waals surface area contributed by atoms with E-state index in [1.165, 1.54) is 13.2 Å². The van der Waals surface area contributed by atoms with E-state index in [1.54, 1.807) is 16.8 Å². The standard InChI is InChI=1S/C14H17ClFN3O/c1-4-11-14(15)12(19(2)18-11)8-17-9-5-6-13(20-3)10(16)7-9/h5-7,17H,4,8H2,1-3H3. The predicted molar refractivity (Wildman–Crippen MR) is 77.9 cm³/mol. The lowest BCUT2D eigenvalue weighted by Gasteiger charge is -2.09. The van der Waals surface area contributed by atoms with Crippen LogP contribution >= 0.6 is 11.6 Å². The monoisotopic (exact) mass is 297 g/mol. The predicted octanol–water partition coefficient (Wildman–Crippen LogP) is 3.40. The molecule has 6 heteroatoms. The number of aromatic nitrogens is 2. The number of aryl methyl sites for hydroxylation is 2. The second-order valence-corrected chi connectivity index (χ2v) is 4.77. The van der Waals surface area contributed by atoms with Gasteiger partial charge in [0.05, 0.1) is 30.1 Å². The summed E-state index contributed by atoms with van der Waals surface area (Å²) >= 11 is 6.26. The summed E-state index contributed by atoms with van der Waals surface area (Å²) in [6.45, 7) is 2.48. The highest BCUT2D eigenvalue weighted by Crippen LogP contribution is 2.24. The molecular weight excluding hydrogens is 281 g/mol. The highest BCUT2D eigenvalue weighted by molar-refractivity contribution is 6.31. The summed E-state index contributed by atoms with van der Waals surface area (Å²) in [4.78, 5) is 0. The van der Waals surface area contributed by atoms with Crippen molar-refractivity contribution in [3.63, 3.8) is 0 Å². The molecule has 0 aliphatic rings. The first kappa shape index (κ1) is 14.7. The van der Waals surface area contributed by atoms with E-state index in [1.807, 2.05) is 14.0 Å². The van der Waals surface area contributed by atoms with Gasteiger partial charge >= 0.3 is 0 Å². The Balaban J connectivity index is 2.13.